The molecule has 2 aliphatic rings. The molecule has 0 saturated heterocycles. The first kappa shape index (κ1) is 21.6. The van der Waals surface area contributed by atoms with Crippen LogP contribution in [-0.4, -0.2) is 8.07 Å². The van der Waals surface area contributed by atoms with Gasteiger partial charge in [0.25, 0.3) is 0 Å². The highest BCUT2D eigenvalue weighted by Gasteiger charge is 2.50. The second-order valence-corrected chi connectivity index (χ2v) is 17.0. The predicted molar refractivity (Wildman–Crippen MR) is 152 cm³/mol. The van der Waals surface area contributed by atoms with Crippen LogP contribution in [0.4, 0.5) is 0 Å². The third kappa shape index (κ3) is 2.65. The largest absolute Gasteiger partial charge is 0.0958 e. The average Bonchev–Trinajstić information content (AvgIpc) is 3.34. The maximum absolute atomic E-state index is 2.54. The van der Waals surface area contributed by atoms with Gasteiger partial charge in [-0.05, 0) is 82.2 Å². The predicted octanol–water partition coefficient (Wildman–Crippen LogP) is 7.97. The molecule has 4 aromatic carbocycles. The van der Waals surface area contributed by atoms with Crippen LogP contribution in [0.2, 0.25) is 16.6 Å². The van der Waals surface area contributed by atoms with E-state index in [1.807, 2.05) is 0 Å². The number of hydrogen-bond donors (Lipinski definition) is 0. The van der Waals surface area contributed by atoms with E-state index in [1.165, 1.54) is 54.3 Å². The van der Waals surface area contributed by atoms with Gasteiger partial charge in [-0.3, -0.25) is 0 Å². The van der Waals surface area contributed by atoms with Crippen LogP contribution in [0.3, 0.4) is 0 Å². The molecule has 0 atom stereocenters. The van der Waals surface area contributed by atoms with Gasteiger partial charge in [0.2, 0.25) is 0 Å². The van der Waals surface area contributed by atoms with Crippen LogP contribution in [-0.2, 0) is 0 Å². The highest BCUT2D eigenvalue weighted by atomic mass is 28.3. The van der Waals surface area contributed by atoms with Gasteiger partial charge in [0.1, 0.15) is 0 Å². The second-order valence-electron chi connectivity index (χ2n) is 11.2. The Morgan fingerprint density at radius 2 is 1.15 bits per heavy atom. The van der Waals surface area contributed by atoms with Crippen LogP contribution in [0.1, 0.15) is 52.7 Å². The zero-order chi connectivity index (χ0) is 23.8. The van der Waals surface area contributed by atoms with Gasteiger partial charge < -0.3 is 0 Å². The molecule has 34 heavy (non-hydrogen) atoms. The van der Waals surface area contributed by atoms with Crippen molar-refractivity contribution in [3.8, 4) is 0 Å². The smallest absolute Gasteiger partial charge is 0.0648 e. The van der Waals surface area contributed by atoms with Gasteiger partial charge in [-0.2, -0.15) is 0 Å². The Kier molecular flexibility index (Phi) is 4.80. The van der Waals surface area contributed by atoms with Gasteiger partial charge in [0.15, 0.2) is 0 Å². The molecule has 0 spiro atoms. The second kappa shape index (κ2) is 7.55. The van der Waals surface area contributed by atoms with Crippen molar-refractivity contribution in [2.75, 3.05) is 0 Å². The van der Waals surface area contributed by atoms with Crippen LogP contribution >= 0.6 is 0 Å². The van der Waals surface area contributed by atoms with Crippen LogP contribution in [0.5, 0.6) is 0 Å². The van der Waals surface area contributed by atoms with Crippen LogP contribution in [0.25, 0.3) is 38.4 Å². The first-order valence-corrected chi connectivity index (χ1v) is 15.1. The SMILES string of the molecule is CC(C)[Si](C1=C2C=c3ccc4ccccc4c3=C2c2c1ccc1ccccc21)(C(C)C)C(C)C. The first-order valence-electron chi connectivity index (χ1n) is 12.9. The van der Waals surface area contributed by atoms with E-state index in [0.29, 0.717) is 16.6 Å². The van der Waals surface area contributed by atoms with Crippen molar-refractivity contribution in [3.05, 3.63) is 99.9 Å². The quantitative estimate of drug-likeness (QED) is 0.272. The van der Waals surface area contributed by atoms with Crippen molar-refractivity contribution in [2.24, 2.45) is 0 Å². The Labute approximate surface area is 204 Å². The molecule has 4 aromatic rings. The number of allylic oxidation sites excluding steroid dienone is 1. The van der Waals surface area contributed by atoms with E-state index in [9.17, 15) is 0 Å². The Morgan fingerprint density at radius 1 is 0.588 bits per heavy atom. The lowest BCUT2D eigenvalue weighted by molar-refractivity contribution is 0.837. The summed E-state index contributed by atoms with van der Waals surface area (Å²) in [5.41, 5.74) is 8.02. The van der Waals surface area contributed by atoms with Crippen molar-refractivity contribution in [1.82, 2.24) is 0 Å². The zero-order valence-electron chi connectivity index (χ0n) is 21.2. The molecule has 6 rings (SSSR count). The molecule has 0 radical (unpaired) electrons. The molecule has 0 saturated carbocycles. The molecule has 0 aromatic heterocycles. The minimum atomic E-state index is -1.90. The lowest BCUT2D eigenvalue weighted by atomic mass is 9.94. The van der Waals surface area contributed by atoms with Gasteiger partial charge in [-0.15, -0.1) is 0 Å². The molecule has 0 fully saturated rings. The van der Waals surface area contributed by atoms with Crippen molar-refractivity contribution >= 4 is 46.5 Å². The van der Waals surface area contributed by atoms with E-state index < -0.39 is 8.07 Å². The monoisotopic (exact) mass is 458 g/mol. The van der Waals surface area contributed by atoms with Gasteiger partial charge in [-0.25, -0.2) is 0 Å². The van der Waals surface area contributed by atoms with Gasteiger partial charge in [-0.1, -0.05) is 114 Å². The summed E-state index contributed by atoms with van der Waals surface area (Å²) in [6.07, 6.45) is 2.54. The number of fused-ring (bicyclic) bond motifs is 8. The number of benzene rings is 4. The van der Waals surface area contributed by atoms with Crippen molar-refractivity contribution < 1.29 is 0 Å². The Morgan fingerprint density at radius 3 is 1.79 bits per heavy atom. The molecule has 0 bridgehead atoms. The third-order valence-electron chi connectivity index (χ3n) is 8.80. The average molecular weight is 459 g/mol. The van der Waals surface area contributed by atoms with E-state index >= 15 is 0 Å². The molecule has 0 unspecified atom stereocenters. The zero-order valence-corrected chi connectivity index (χ0v) is 22.2. The maximum atomic E-state index is 2.54. The lowest BCUT2D eigenvalue weighted by Crippen LogP contribution is -2.46. The topological polar surface area (TPSA) is 0 Å². The molecular formula is C33H34Si. The van der Waals surface area contributed by atoms with E-state index in [-0.39, 0.29) is 0 Å². The number of hydrogen-bond acceptors (Lipinski definition) is 0. The van der Waals surface area contributed by atoms with Gasteiger partial charge >= 0.3 is 0 Å². The minimum absolute atomic E-state index is 0.669. The van der Waals surface area contributed by atoms with E-state index in [2.05, 4.69) is 120 Å². The first-order chi connectivity index (χ1) is 16.4. The van der Waals surface area contributed by atoms with Crippen molar-refractivity contribution in [1.29, 1.82) is 0 Å². The fraction of sp³-hybridized carbons (Fsp3) is 0.273. The fourth-order valence-electron chi connectivity index (χ4n) is 7.73. The molecule has 2 aliphatic carbocycles. The minimum Gasteiger partial charge on any atom is -0.0648 e. The highest BCUT2D eigenvalue weighted by Crippen LogP contribution is 2.57. The Hall–Kier alpha value is -2.90. The maximum Gasteiger partial charge on any atom is 0.0958 e. The molecule has 0 heterocycles. The Balaban J connectivity index is 1.89. The summed E-state index contributed by atoms with van der Waals surface area (Å²) in [6, 6.07) is 27.4. The highest BCUT2D eigenvalue weighted by molar-refractivity contribution is 7.00. The molecule has 0 aliphatic heterocycles. The van der Waals surface area contributed by atoms with Gasteiger partial charge in [0, 0.05) is 0 Å². The summed E-state index contributed by atoms with van der Waals surface area (Å²) in [6.45, 7) is 15.0. The molecular weight excluding hydrogens is 424 g/mol. The van der Waals surface area contributed by atoms with Gasteiger partial charge in [0.05, 0.1) is 8.07 Å². The summed E-state index contributed by atoms with van der Waals surface area (Å²) < 4.78 is 0. The molecule has 170 valence electrons. The van der Waals surface area contributed by atoms with Crippen LogP contribution in [0, 0.1) is 0 Å². The van der Waals surface area contributed by atoms with E-state index in [1.54, 1.807) is 5.20 Å². The molecule has 0 amide bonds. The molecule has 0 nitrogen and oxygen atoms in total. The normalized spacial score (nSPS) is 15.0. The molecule has 0 N–H and O–H groups in total. The Bertz CT molecular complexity index is 1610. The standard InChI is InChI=1S/C33H34Si/c1-20(2)34(21(3)4,22(5)6)33-28-18-17-24-12-8-10-14-27(24)31(28)32-29(33)19-25-16-15-23-11-7-9-13-26(23)30(25)32/h7-22H,1-6H3. The summed E-state index contributed by atoms with van der Waals surface area (Å²) >= 11 is 0. The summed E-state index contributed by atoms with van der Waals surface area (Å²) in [5, 5.41) is 10.00. The third-order valence-corrected chi connectivity index (χ3v) is 15.9. The summed E-state index contributed by atoms with van der Waals surface area (Å²) in [5.74, 6) is 0. The molecule has 1 heteroatoms. The summed E-state index contributed by atoms with van der Waals surface area (Å²) in [7, 11) is -1.90. The van der Waals surface area contributed by atoms with Crippen molar-refractivity contribution in [2.45, 2.75) is 58.2 Å². The fourth-order valence-corrected chi connectivity index (χ4v) is 14.8. The summed E-state index contributed by atoms with van der Waals surface area (Å²) in [4.78, 5) is 0. The lowest BCUT2D eigenvalue weighted by Gasteiger charge is -2.45. The van der Waals surface area contributed by atoms with Crippen LogP contribution in [0.15, 0.2) is 78.4 Å². The van der Waals surface area contributed by atoms with E-state index in [4.69, 9.17) is 0 Å². The van der Waals surface area contributed by atoms with E-state index in [0.717, 1.165) is 0 Å². The van der Waals surface area contributed by atoms with Crippen molar-refractivity contribution in [3.63, 3.8) is 0 Å². The number of rotatable bonds is 4. The van der Waals surface area contributed by atoms with Crippen LogP contribution < -0.4 is 10.4 Å².